The third-order valence-electron chi connectivity index (χ3n) is 2.62. The van der Waals surface area contributed by atoms with Crippen molar-refractivity contribution < 1.29 is 9.53 Å². The van der Waals surface area contributed by atoms with Crippen molar-refractivity contribution in [2.45, 2.75) is 40.2 Å². The Morgan fingerprint density at radius 2 is 2.33 bits per heavy atom. The molecule has 0 spiro atoms. The van der Waals surface area contributed by atoms with Gasteiger partial charge in [-0.3, -0.25) is 4.79 Å². The van der Waals surface area contributed by atoms with Crippen LogP contribution >= 0.6 is 0 Å². The molecule has 0 aromatic carbocycles. The van der Waals surface area contributed by atoms with E-state index in [9.17, 15) is 10.1 Å². The number of ether oxygens (including phenoxy) is 1. The van der Waals surface area contributed by atoms with Gasteiger partial charge in [0.05, 0.1) is 12.7 Å². The zero-order valence-electron chi connectivity index (χ0n) is 11.2. The van der Waals surface area contributed by atoms with Gasteiger partial charge in [-0.15, -0.1) is 0 Å². The molecule has 0 aliphatic heterocycles. The summed E-state index contributed by atoms with van der Waals surface area (Å²) in [6.45, 7) is 7.46. The van der Waals surface area contributed by atoms with E-state index >= 15 is 0 Å². The predicted octanol–water partition coefficient (Wildman–Crippen LogP) is 1.49. The summed E-state index contributed by atoms with van der Waals surface area (Å²) in [7, 11) is 0. The minimum Gasteiger partial charge on any atom is -0.465 e. The van der Waals surface area contributed by atoms with Crippen LogP contribution in [0.15, 0.2) is 6.33 Å². The average molecular weight is 250 g/mol. The maximum Gasteiger partial charge on any atom is 0.326 e. The zero-order valence-corrected chi connectivity index (χ0v) is 11.2. The molecule has 1 rings (SSSR count). The van der Waals surface area contributed by atoms with Gasteiger partial charge in [-0.25, -0.2) is 9.67 Å². The summed E-state index contributed by atoms with van der Waals surface area (Å²) in [4.78, 5) is 15.9. The third-order valence-corrected chi connectivity index (χ3v) is 2.62. The van der Waals surface area contributed by atoms with Crippen molar-refractivity contribution in [1.29, 1.82) is 5.26 Å². The number of hydrogen-bond acceptors (Lipinski definition) is 5. The molecule has 0 fully saturated rings. The number of rotatable bonds is 5. The Morgan fingerprint density at radius 3 is 2.83 bits per heavy atom. The molecule has 0 amide bonds. The molecule has 0 radical (unpaired) electrons. The van der Waals surface area contributed by atoms with Gasteiger partial charge in [-0.1, -0.05) is 0 Å². The molecular weight excluding hydrogens is 232 g/mol. The lowest BCUT2D eigenvalue weighted by molar-refractivity contribution is -0.151. The van der Waals surface area contributed by atoms with E-state index in [2.05, 4.69) is 10.1 Å². The number of carbonyl (C=O) groups excluding carboxylic acids is 1. The van der Waals surface area contributed by atoms with Crippen LogP contribution in [0.4, 0.5) is 0 Å². The van der Waals surface area contributed by atoms with Gasteiger partial charge in [0.2, 0.25) is 0 Å². The molecule has 0 aliphatic carbocycles. The molecule has 0 saturated carbocycles. The molecule has 0 bridgehead atoms. The quantitative estimate of drug-likeness (QED) is 0.739. The van der Waals surface area contributed by atoms with E-state index in [1.807, 2.05) is 19.9 Å². The molecule has 98 valence electrons. The van der Waals surface area contributed by atoms with Crippen molar-refractivity contribution in [1.82, 2.24) is 14.8 Å². The van der Waals surface area contributed by atoms with Crippen molar-refractivity contribution in [3.8, 4) is 6.07 Å². The van der Waals surface area contributed by atoms with Crippen LogP contribution in [0.3, 0.4) is 0 Å². The number of aromatic nitrogens is 3. The number of esters is 1. The maximum atomic E-state index is 11.8. The third kappa shape index (κ3) is 2.86. The fourth-order valence-corrected chi connectivity index (χ4v) is 1.60. The number of nitriles is 1. The topological polar surface area (TPSA) is 80.8 Å². The van der Waals surface area contributed by atoms with E-state index in [0.717, 1.165) is 0 Å². The molecule has 1 aromatic heterocycles. The lowest BCUT2D eigenvalue weighted by Gasteiger charge is -2.19. The van der Waals surface area contributed by atoms with Crippen LogP contribution in [-0.4, -0.2) is 27.3 Å². The van der Waals surface area contributed by atoms with Gasteiger partial charge < -0.3 is 4.74 Å². The first kappa shape index (κ1) is 14.2. The Hall–Kier alpha value is -1.90. The van der Waals surface area contributed by atoms with Gasteiger partial charge in [0.1, 0.15) is 12.2 Å². The monoisotopic (exact) mass is 250 g/mol. The van der Waals surface area contributed by atoms with Gasteiger partial charge in [-0.05, 0) is 27.7 Å². The zero-order chi connectivity index (χ0) is 13.8. The second-order valence-electron chi connectivity index (χ2n) is 4.56. The second kappa shape index (κ2) is 5.63. The van der Waals surface area contributed by atoms with Crippen LogP contribution in [0.25, 0.3) is 0 Å². The molecule has 6 heteroatoms. The fourth-order valence-electron chi connectivity index (χ4n) is 1.60. The molecule has 1 aromatic rings. The molecule has 1 unspecified atom stereocenters. The van der Waals surface area contributed by atoms with Crippen molar-refractivity contribution in [3.63, 3.8) is 0 Å². The minimum absolute atomic E-state index is 0.132. The summed E-state index contributed by atoms with van der Waals surface area (Å²) in [5.74, 6) is 0.0907. The van der Waals surface area contributed by atoms with E-state index in [4.69, 9.17) is 4.74 Å². The van der Waals surface area contributed by atoms with Crippen molar-refractivity contribution in [2.75, 3.05) is 6.61 Å². The Morgan fingerprint density at radius 1 is 1.67 bits per heavy atom. The fraction of sp³-hybridized carbons (Fsp3) is 0.667. The van der Waals surface area contributed by atoms with E-state index < -0.39 is 11.4 Å². The van der Waals surface area contributed by atoms with Crippen LogP contribution in [0, 0.1) is 16.7 Å². The molecular formula is C12H18N4O2. The van der Waals surface area contributed by atoms with Gasteiger partial charge in [0.15, 0.2) is 5.41 Å². The summed E-state index contributed by atoms with van der Waals surface area (Å²) in [6, 6.07) is 2.14. The SMILES string of the molecule is CCOC(=O)C(C)(C#N)Cc1ncnn1C(C)C. The highest BCUT2D eigenvalue weighted by atomic mass is 16.5. The minimum atomic E-state index is -1.23. The van der Waals surface area contributed by atoms with Crippen LogP contribution in [0.2, 0.25) is 0 Å². The van der Waals surface area contributed by atoms with Gasteiger partial charge in [-0.2, -0.15) is 10.4 Å². The van der Waals surface area contributed by atoms with Crippen LogP contribution in [-0.2, 0) is 16.0 Å². The summed E-state index contributed by atoms with van der Waals surface area (Å²) < 4.78 is 6.63. The molecule has 1 atom stereocenters. The average Bonchev–Trinajstić information content (AvgIpc) is 2.77. The first-order valence-electron chi connectivity index (χ1n) is 5.91. The maximum absolute atomic E-state index is 11.8. The molecule has 6 nitrogen and oxygen atoms in total. The largest absolute Gasteiger partial charge is 0.465 e. The Bertz CT molecular complexity index is 461. The molecule has 18 heavy (non-hydrogen) atoms. The Kier molecular flexibility index (Phi) is 4.43. The standard InChI is InChI=1S/C12H18N4O2/c1-5-18-11(17)12(4,7-13)6-10-14-8-15-16(10)9(2)3/h8-9H,5-6H2,1-4H3. The predicted molar refractivity (Wildman–Crippen MR) is 64.5 cm³/mol. The number of carbonyl (C=O) groups is 1. The number of nitrogens with zero attached hydrogens (tertiary/aromatic N) is 4. The molecule has 1 heterocycles. The van der Waals surface area contributed by atoms with Gasteiger partial charge in [0, 0.05) is 12.5 Å². The Balaban J connectivity index is 2.96. The summed E-state index contributed by atoms with van der Waals surface area (Å²) in [6.07, 6.45) is 1.62. The van der Waals surface area contributed by atoms with Crippen LogP contribution in [0.1, 0.15) is 39.6 Å². The second-order valence-corrected chi connectivity index (χ2v) is 4.56. The first-order chi connectivity index (χ1) is 8.44. The van der Waals surface area contributed by atoms with Crippen molar-refractivity contribution in [3.05, 3.63) is 12.2 Å². The van der Waals surface area contributed by atoms with E-state index in [-0.39, 0.29) is 19.1 Å². The van der Waals surface area contributed by atoms with Crippen molar-refractivity contribution >= 4 is 5.97 Å². The first-order valence-corrected chi connectivity index (χ1v) is 5.91. The lowest BCUT2D eigenvalue weighted by Crippen LogP contribution is -2.32. The smallest absolute Gasteiger partial charge is 0.326 e. The highest BCUT2D eigenvalue weighted by molar-refractivity contribution is 5.79. The van der Waals surface area contributed by atoms with E-state index in [1.54, 1.807) is 18.5 Å². The molecule has 0 saturated heterocycles. The lowest BCUT2D eigenvalue weighted by atomic mass is 9.88. The molecule has 0 N–H and O–H groups in total. The summed E-state index contributed by atoms with van der Waals surface area (Å²) >= 11 is 0. The van der Waals surface area contributed by atoms with Crippen molar-refractivity contribution in [2.24, 2.45) is 5.41 Å². The molecule has 0 aliphatic rings. The van der Waals surface area contributed by atoms with Crippen LogP contribution < -0.4 is 0 Å². The highest BCUT2D eigenvalue weighted by Gasteiger charge is 2.37. The summed E-state index contributed by atoms with van der Waals surface area (Å²) in [5, 5.41) is 13.3. The number of hydrogen-bond donors (Lipinski definition) is 0. The van der Waals surface area contributed by atoms with Gasteiger partial charge in [0.25, 0.3) is 0 Å². The van der Waals surface area contributed by atoms with Gasteiger partial charge >= 0.3 is 5.97 Å². The van der Waals surface area contributed by atoms with E-state index in [0.29, 0.717) is 5.82 Å². The normalized spacial score (nSPS) is 14.0. The Labute approximate surface area is 107 Å². The summed E-state index contributed by atoms with van der Waals surface area (Å²) in [5.41, 5.74) is -1.23. The highest BCUT2D eigenvalue weighted by Crippen LogP contribution is 2.23. The van der Waals surface area contributed by atoms with E-state index in [1.165, 1.54) is 6.33 Å². The van der Waals surface area contributed by atoms with Crippen LogP contribution in [0.5, 0.6) is 0 Å².